The molecule has 1 aliphatic rings. The summed E-state index contributed by atoms with van der Waals surface area (Å²) in [6.45, 7) is 1.65. The highest BCUT2D eigenvalue weighted by Crippen LogP contribution is 2.32. The number of hydrogen-bond acceptors (Lipinski definition) is 6. The molecule has 2 unspecified atom stereocenters. The van der Waals surface area contributed by atoms with Gasteiger partial charge in [0.2, 0.25) is 0 Å². The Hall–Kier alpha value is -2.85. The molecule has 1 saturated carbocycles. The van der Waals surface area contributed by atoms with Gasteiger partial charge in [-0.2, -0.15) is 0 Å². The Morgan fingerprint density at radius 2 is 1.44 bits per heavy atom. The molecular formula is C36H34BCl5N4O2. The van der Waals surface area contributed by atoms with Crippen molar-refractivity contribution in [3.8, 4) is 11.1 Å². The van der Waals surface area contributed by atoms with Gasteiger partial charge in [-0.15, -0.1) is 0 Å². The highest BCUT2D eigenvalue weighted by Gasteiger charge is 2.21. The minimum atomic E-state index is -1.54. The van der Waals surface area contributed by atoms with Gasteiger partial charge in [-0.3, -0.25) is 0 Å². The van der Waals surface area contributed by atoms with Crippen LogP contribution in [0.4, 0.5) is 5.82 Å². The monoisotopic (exact) mass is 740 g/mol. The molecule has 0 spiro atoms. The predicted molar refractivity (Wildman–Crippen MR) is 205 cm³/mol. The van der Waals surface area contributed by atoms with E-state index in [1.165, 1.54) is 37.8 Å². The summed E-state index contributed by atoms with van der Waals surface area (Å²) in [5.41, 5.74) is 10.0. The molecule has 5 aromatic rings. The standard InChI is InChI=1S/C30H29Cl3N4.C6H5BCl2O2/c31-23-9-11-25(27(33)15-23)22-7-4-19(5-8-22)6-13-29-36-28-16-24(32)10-12-26(28)30(37-29)35-18-21-3-1-2-20(14-21)17-34;8-4-1-2-5(7(10)11)6(9)3-4/h4-13,15-16,20-21H,1-3,14,17-18,34H2,(H,35,36,37);1-3,10-11H. The molecule has 0 aliphatic heterocycles. The van der Waals surface area contributed by atoms with Gasteiger partial charge in [-0.05, 0) is 97.3 Å². The van der Waals surface area contributed by atoms with Crippen molar-refractivity contribution in [3.63, 3.8) is 0 Å². The van der Waals surface area contributed by atoms with Crippen LogP contribution in [0.25, 0.3) is 34.2 Å². The van der Waals surface area contributed by atoms with Crippen molar-refractivity contribution in [2.45, 2.75) is 25.7 Å². The number of rotatable bonds is 8. The van der Waals surface area contributed by atoms with E-state index in [2.05, 4.69) is 5.32 Å². The summed E-state index contributed by atoms with van der Waals surface area (Å²) >= 11 is 29.9. The topological polar surface area (TPSA) is 104 Å². The molecule has 0 radical (unpaired) electrons. The van der Waals surface area contributed by atoms with E-state index in [-0.39, 0.29) is 10.5 Å². The maximum atomic E-state index is 8.72. The molecule has 0 saturated heterocycles. The van der Waals surface area contributed by atoms with Crippen LogP contribution in [-0.2, 0) is 0 Å². The summed E-state index contributed by atoms with van der Waals surface area (Å²) in [5.74, 6) is 2.70. The van der Waals surface area contributed by atoms with Crippen molar-refractivity contribution in [2.24, 2.45) is 17.6 Å². The Labute approximate surface area is 306 Å². The van der Waals surface area contributed by atoms with E-state index >= 15 is 0 Å². The third-order valence-electron chi connectivity index (χ3n) is 8.28. The third-order valence-corrected chi connectivity index (χ3v) is 9.62. The lowest BCUT2D eigenvalue weighted by Gasteiger charge is -2.28. The fourth-order valence-corrected chi connectivity index (χ4v) is 6.94. The average molecular weight is 743 g/mol. The van der Waals surface area contributed by atoms with Gasteiger partial charge in [0.05, 0.1) is 5.52 Å². The smallest absolute Gasteiger partial charge is 0.423 e. The molecule has 1 aromatic heterocycles. The number of benzene rings is 4. The first-order chi connectivity index (χ1) is 23.1. The Morgan fingerprint density at radius 3 is 2.12 bits per heavy atom. The number of aromatic nitrogens is 2. The summed E-state index contributed by atoms with van der Waals surface area (Å²) < 4.78 is 0. The normalized spacial score (nSPS) is 16.1. The summed E-state index contributed by atoms with van der Waals surface area (Å²) in [7, 11) is -1.54. The summed E-state index contributed by atoms with van der Waals surface area (Å²) in [4.78, 5) is 9.60. The number of nitrogens with two attached hydrogens (primary N) is 1. The Bertz CT molecular complexity index is 1890. The van der Waals surface area contributed by atoms with Gasteiger partial charge in [-0.25, -0.2) is 9.97 Å². The van der Waals surface area contributed by atoms with E-state index in [0.29, 0.717) is 37.8 Å². The van der Waals surface area contributed by atoms with Crippen LogP contribution in [0.1, 0.15) is 37.1 Å². The molecule has 4 aromatic carbocycles. The molecule has 0 bridgehead atoms. The summed E-state index contributed by atoms with van der Waals surface area (Å²) in [6.07, 6.45) is 8.82. The Balaban J connectivity index is 0.000000349. The summed E-state index contributed by atoms with van der Waals surface area (Å²) in [6, 6.07) is 23.9. The number of anilines is 1. The molecule has 0 amide bonds. The lowest BCUT2D eigenvalue weighted by atomic mass is 9.80. The minimum absolute atomic E-state index is 0.257. The first-order valence-corrected chi connectivity index (χ1v) is 17.4. The van der Waals surface area contributed by atoms with Crippen LogP contribution in [0.15, 0.2) is 78.9 Å². The lowest BCUT2D eigenvalue weighted by Crippen LogP contribution is -2.30. The first-order valence-electron chi connectivity index (χ1n) is 15.6. The molecule has 2 atom stereocenters. The highest BCUT2D eigenvalue weighted by atomic mass is 35.5. The highest BCUT2D eigenvalue weighted by molar-refractivity contribution is 6.62. The Morgan fingerprint density at radius 1 is 0.771 bits per heavy atom. The molecule has 48 heavy (non-hydrogen) atoms. The molecule has 12 heteroatoms. The molecule has 1 aliphatic carbocycles. The van der Waals surface area contributed by atoms with Crippen molar-refractivity contribution in [1.82, 2.24) is 9.97 Å². The SMILES string of the molecule is NCC1CCCC(CNc2nc(C=Cc3ccc(-c4ccc(Cl)cc4Cl)cc3)nc3cc(Cl)ccc23)C1.OB(O)c1ccc(Cl)cc1Cl. The molecule has 6 rings (SSSR count). The van der Waals surface area contributed by atoms with Crippen molar-refractivity contribution in [2.75, 3.05) is 18.4 Å². The van der Waals surface area contributed by atoms with E-state index in [4.69, 9.17) is 83.8 Å². The van der Waals surface area contributed by atoms with Crippen molar-refractivity contribution >= 4 is 99.5 Å². The van der Waals surface area contributed by atoms with E-state index in [0.717, 1.165) is 46.5 Å². The lowest BCUT2D eigenvalue weighted by molar-refractivity contribution is 0.281. The van der Waals surface area contributed by atoms with E-state index in [1.54, 1.807) is 12.1 Å². The zero-order chi connectivity index (χ0) is 34.2. The second kappa shape index (κ2) is 17.2. The zero-order valence-corrected chi connectivity index (χ0v) is 29.7. The number of nitrogens with zero attached hydrogens (tertiary/aromatic N) is 2. The zero-order valence-electron chi connectivity index (χ0n) is 25.9. The number of fused-ring (bicyclic) bond motifs is 1. The van der Waals surface area contributed by atoms with E-state index < -0.39 is 7.12 Å². The van der Waals surface area contributed by atoms with Crippen LogP contribution >= 0.6 is 58.0 Å². The van der Waals surface area contributed by atoms with Gasteiger partial charge >= 0.3 is 7.12 Å². The largest absolute Gasteiger partial charge is 0.489 e. The number of nitrogens with one attached hydrogen (secondary N) is 1. The number of hydrogen-bond donors (Lipinski definition) is 4. The van der Waals surface area contributed by atoms with Crippen molar-refractivity contribution < 1.29 is 10.0 Å². The second-order valence-electron chi connectivity index (χ2n) is 11.7. The first kappa shape index (κ1) is 36.4. The van der Waals surface area contributed by atoms with Crippen LogP contribution in [0.3, 0.4) is 0 Å². The van der Waals surface area contributed by atoms with E-state index in [9.17, 15) is 0 Å². The minimum Gasteiger partial charge on any atom is -0.423 e. The molecular weight excluding hydrogens is 708 g/mol. The molecule has 248 valence electrons. The number of halogens is 5. The van der Waals surface area contributed by atoms with Crippen LogP contribution in [0, 0.1) is 11.8 Å². The van der Waals surface area contributed by atoms with Crippen LogP contribution in [0.2, 0.25) is 25.1 Å². The summed E-state index contributed by atoms with van der Waals surface area (Å²) in [5, 5.41) is 24.7. The third kappa shape index (κ3) is 9.87. The van der Waals surface area contributed by atoms with Gasteiger partial charge in [0.15, 0.2) is 5.82 Å². The maximum absolute atomic E-state index is 8.72. The molecule has 6 nitrogen and oxygen atoms in total. The van der Waals surface area contributed by atoms with Gasteiger partial charge in [0.1, 0.15) is 5.82 Å². The van der Waals surface area contributed by atoms with Gasteiger partial charge in [0.25, 0.3) is 0 Å². The van der Waals surface area contributed by atoms with Gasteiger partial charge in [0, 0.05) is 48.1 Å². The molecule has 5 N–H and O–H groups in total. The molecule has 1 heterocycles. The quantitative estimate of drug-likeness (QED) is 0.118. The van der Waals surface area contributed by atoms with Crippen LogP contribution in [-0.4, -0.2) is 40.2 Å². The van der Waals surface area contributed by atoms with Gasteiger partial charge < -0.3 is 21.1 Å². The maximum Gasteiger partial charge on any atom is 0.489 e. The second-order valence-corrected chi connectivity index (χ2v) is 13.8. The Kier molecular flexibility index (Phi) is 13.1. The van der Waals surface area contributed by atoms with Crippen LogP contribution < -0.4 is 16.5 Å². The van der Waals surface area contributed by atoms with Crippen molar-refractivity contribution in [3.05, 3.63) is 115 Å². The predicted octanol–water partition coefficient (Wildman–Crippen LogP) is 9.28. The van der Waals surface area contributed by atoms with Gasteiger partial charge in [-0.1, -0.05) is 107 Å². The molecule has 1 fully saturated rings. The fraction of sp³-hybridized carbons (Fsp3) is 0.222. The van der Waals surface area contributed by atoms with E-state index in [1.807, 2.05) is 66.7 Å². The van der Waals surface area contributed by atoms with Crippen LogP contribution in [0.5, 0.6) is 0 Å². The fourth-order valence-electron chi connectivity index (χ4n) is 5.75. The van der Waals surface area contributed by atoms with Crippen molar-refractivity contribution in [1.29, 1.82) is 0 Å². The average Bonchev–Trinajstić information content (AvgIpc) is 3.06.